The molecule has 0 saturated heterocycles. The van der Waals surface area contributed by atoms with Crippen molar-refractivity contribution in [1.82, 2.24) is 15.6 Å². The summed E-state index contributed by atoms with van der Waals surface area (Å²) < 4.78 is 21.5. The van der Waals surface area contributed by atoms with Crippen LogP contribution in [0.4, 0.5) is 11.7 Å². The number of carbonyl (C=O) groups excluding carboxylic acids is 3. The average Bonchev–Trinajstić information content (AvgIpc) is 3.62. The number of fused-ring (bicyclic) bond motifs is 2. The summed E-state index contributed by atoms with van der Waals surface area (Å²) in [4.78, 5) is 43.4. The van der Waals surface area contributed by atoms with Crippen LogP contribution in [0, 0.1) is 5.92 Å². The highest BCUT2D eigenvalue weighted by Gasteiger charge is 2.28. The van der Waals surface area contributed by atoms with Crippen LogP contribution in [0.5, 0.6) is 11.5 Å². The Bertz CT molecular complexity index is 1600. The first-order chi connectivity index (χ1) is 20.8. The van der Waals surface area contributed by atoms with Gasteiger partial charge in [-0.15, -0.1) is 0 Å². The summed E-state index contributed by atoms with van der Waals surface area (Å²) in [7, 11) is 1.29. The second-order valence-electron chi connectivity index (χ2n) is 10.7. The van der Waals surface area contributed by atoms with Crippen LogP contribution in [0.25, 0.3) is 11.1 Å². The van der Waals surface area contributed by atoms with Crippen molar-refractivity contribution in [1.29, 1.82) is 0 Å². The van der Waals surface area contributed by atoms with Crippen molar-refractivity contribution >= 4 is 40.6 Å². The van der Waals surface area contributed by atoms with Gasteiger partial charge in [-0.05, 0) is 59.9 Å². The zero-order valence-electron chi connectivity index (χ0n) is 24.2. The molecule has 2 amide bonds. The molecule has 0 spiro atoms. The molecule has 3 aromatic carbocycles. The monoisotopic (exact) mass is 586 g/mol. The molecule has 2 heterocycles. The van der Waals surface area contributed by atoms with Gasteiger partial charge >= 0.3 is 5.97 Å². The Morgan fingerprint density at radius 1 is 0.953 bits per heavy atom. The lowest BCUT2D eigenvalue weighted by Gasteiger charge is -2.24. The molecule has 0 radical (unpaired) electrons. The van der Waals surface area contributed by atoms with Crippen LogP contribution >= 0.6 is 0 Å². The molecule has 2 atom stereocenters. The van der Waals surface area contributed by atoms with Crippen LogP contribution in [-0.2, 0) is 25.5 Å². The third-order valence-corrected chi connectivity index (χ3v) is 6.91. The number of hydrogen-bond acceptors (Lipinski definition) is 9. The average molecular weight is 587 g/mol. The molecule has 43 heavy (non-hydrogen) atoms. The zero-order chi connectivity index (χ0) is 30.3. The van der Waals surface area contributed by atoms with E-state index in [2.05, 4.69) is 20.9 Å². The first-order valence-electron chi connectivity index (χ1n) is 14.0. The van der Waals surface area contributed by atoms with Crippen molar-refractivity contribution < 1.29 is 33.0 Å². The first kappa shape index (κ1) is 29.4. The van der Waals surface area contributed by atoms with Gasteiger partial charge in [-0.1, -0.05) is 44.2 Å². The van der Waals surface area contributed by atoms with Gasteiger partial charge in [0.1, 0.15) is 11.6 Å². The standard InChI is InChI=1S/C32H34N4O7/c1-19(2)13-25(31(39)35-23(17-30(38)40-3)21-10-12-27-28(16-21)42-18-41-27)34-29(37)15-20-9-11-26-24(14-20)36-32(43-26)33-22-7-5-4-6-8-22/h4-12,14,16,19,23,25H,13,15,17-18H2,1-3H3,(H,33,36)(H,34,37)(H,35,39). The number of amides is 2. The second-order valence-corrected chi connectivity index (χ2v) is 10.7. The minimum Gasteiger partial charge on any atom is -0.469 e. The molecule has 1 aromatic heterocycles. The highest BCUT2D eigenvalue weighted by atomic mass is 16.7. The second kappa shape index (κ2) is 13.3. The Balaban J connectivity index is 1.26. The fourth-order valence-electron chi connectivity index (χ4n) is 4.82. The van der Waals surface area contributed by atoms with E-state index in [9.17, 15) is 14.4 Å². The summed E-state index contributed by atoms with van der Waals surface area (Å²) in [5.74, 6) is 0.0153. The third-order valence-electron chi connectivity index (χ3n) is 6.91. The Kier molecular flexibility index (Phi) is 9.09. The Hall–Kier alpha value is -5.06. The fraction of sp³-hybridized carbons (Fsp3) is 0.312. The SMILES string of the molecule is COC(=O)CC(NC(=O)C(CC(C)C)NC(=O)Cc1ccc2oc(Nc3ccccc3)nc2c1)c1ccc2c(c1)OCO2. The van der Waals surface area contributed by atoms with Gasteiger partial charge in [-0.2, -0.15) is 4.98 Å². The molecule has 5 rings (SSSR count). The van der Waals surface area contributed by atoms with E-state index < -0.39 is 24.0 Å². The quantitative estimate of drug-likeness (QED) is 0.200. The van der Waals surface area contributed by atoms with Crippen LogP contribution in [0.3, 0.4) is 0 Å². The van der Waals surface area contributed by atoms with Crippen molar-refractivity contribution in [2.75, 3.05) is 19.2 Å². The summed E-state index contributed by atoms with van der Waals surface area (Å²) in [5.41, 5.74) is 3.40. The van der Waals surface area contributed by atoms with E-state index in [-0.39, 0.29) is 31.5 Å². The van der Waals surface area contributed by atoms with Crippen LogP contribution in [0.1, 0.15) is 43.9 Å². The lowest BCUT2D eigenvalue weighted by Crippen LogP contribution is -2.49. The zero-order valence-corrected chi connectivity index (χ0v) is 24.2. The number of benzene rings is 3. The highest BCUT2D eigenvalue weighted by molar-refractivity contribution is 5.89. The van der Waals surface area contributed by atoms with Gasteiger partial charge in [0.05, 0.1) is 26.0 Å². The maximum Gasteiger partial charge on any atom is 0.307 e. The van der Waals surface area contributed by atoms with Crippen molar-refractivity contribution in [3.63, 3.8) is 0 Å². The number of nitrogens with one attached hydrogen (secondary N) is 3. The van der Waals surface area contributed by atoms with Gasteiger partial charge in [-0.25, -0.2) is 0 Å². The van der Waals surface area contributed by atoms with Crippen molar-refractivity contribution in [2.45, 2.75) is 45.2 Å². The van der Waals surface area contributed by atoms with Crippen LogP contribution in [-0.4, -0.2) is 42.7 Å². The van der Waals surface area contributed by atoms with E-state index in [4.69, 9.17) is 18.6 Å². The van der Waals surface area contributed by atoms with E-state index in [1.807, 2.05) is 44.2 Å². The Labute approximate surface area is 248 Å². The fourth-order valence-corrected chi connectivity index (χ4v) is 4.82. The molecule has 0 saturated carbocycles. The van der Waals surface area contributed by atoms with Gasteiger partial charge < -0.3 is 34.6 Å². The lowest BCUT2D eigenvalue weighted by molar-refractivity contribution is -0.141. The topological polar surface area (TPSA) is 141 Å². The molecule has 4 aromatic rings. The normalized spacial score (nSPS) is 13.4. The van der Waals surface area contributed by atoms with Crippen LogP contribution in [0.2, 0.25) is 0 Å². The summed E-state index contributed by atoms with van der Waals surface area (Å²) in [5, 5.41) is 8.93. The maximum atomic E-state index is 13.5. The summed E-state index contributed by atoms with van der Waals surface area (Å²) in [6, 6.07) is 18.9. The lowest BCUT2D eigenvalue weighted by atomic mass is 9.99. The first-order valence-corrected chi connectivity index (χ1v) is 14.0. The molecule has 0 bridgehead atoms. The molecular formula is C32H34N4O7. The Morgan fingerprint density at radius 2 is 1.74 bits per heavy atom. The molecular weight excluding hydrogens is 552 g/mol. The molecule has 0 fully saturated rings. The van der Waals surface area contributed by atoms with Crippen LogP contribution in [0.15, 0.2) is 71.1 Å². The molecule has 0 aliphatic carbocycles. The van der Waals surface area contributed by atoms with Gasteiger partial charge in [0.15, 0.2) is 17.1 Å². The van der Waals surface area contributed by atoms with E-state index in [1.165, 1.54) is 7.11 Å². The minimum absolute atomic E-state index is 0.0415. The molecule has 11 nitrogen and oxygen atoms in total. The molecule has 2 unspecified atom stereocenters. The van der Waals surface area contributed by atoms with Crippen molar-refractivity contribution in [3.8, 4) is 11.5 Å². The smallest absolute Gasteiger partial charge is 0.307 e. The van der Waals surface area contributed by atoms with Crippen molar-refractivity contribution in [2.24, 2.45) is 5.92 Å². The number of para-hydroxylation sites is 1. The maximum absolute atomic E-state index is 13.5. The number of hydrogen-bond donors (Lipinski definition) is 3. The molecule has 1 aliphatic rings. The number of rotatable bonds is 12. The van der Waals surface area contributed by atoms with E-state index in [0.29, 0.717) is 40.6 Å². The number of oxazole rings is 1. The predicted octanol–water partition coefficient (Wildman–Crippen LogP) is 4.79. The van der Waals surface area contributed by atoms with Gasteiger partial charge in [-0.3, -0.25) is 14.4 Å². The molecule has 1 aliphatic heterocycles. The number of nitrogens with zero attached hydrogens (tertiary/aromatic N) is 1. The Morgan fingerprint density at radius 3 is 2.51 bits per heavy atom. The number of anilines is 2. The van der Waals surface area contributed by atoms with E-state index in [1.54, 1.807) is 36.4 Å². The van der Waals surface area contributed by atoms with Crippen LogP contribution < -0.4 is 25.4 Å². The molecule has 11 heteroatoms. The summed E-state index contributed by atoms with van der Waals surface area (Å²) >= 11 is 0. The number of aromatic nitrogens is 1. The number of carbonyl (C=O) groups is 3. The van der Waals surface area contributed by atoms with E-state index in [0.717, 1.165) is 11.3 Å². The van der Waals surface area contributed by atoms with Gasteiger partial charge in [0, 0.05) is 5.69 Å². The predicted molar refractivity (Wildman–Crippen MR) is 159 cm³/mol. The third kappa shape index (κ3) is 7.62. The largest absolute Gasteiger partial charge is 0.469 e. The number of methoxy groups -OCH3 is 1. The molecule has 224 valence electrons. The molecule has 3 N–H and O–H groups in total. The summed E-state index contributed by atoms with van der Waals surface area (Å²) in [6.07, 6.45) is 0.351. The number of ether oxygens (including phenoxy) is 3. The number of esters is 1. The van der Waals surface area contributed by atoms with Gasteiger partial charge in [0.25, 0.3) is 6.01 Å². The minimum atomic E-state index is -0.820. The van der Waals surface area contributed by atoms with Gasteiger partial charge in [0.2, 0.25) is 18.6 Å². The van der Waals surface area contributed by atoms with E-state index >= 15 is 0 Å². The highest BCUT2D eigenvalue weighted by Crippen LogP contribution is 2.35. The van der Waals surface area contributed by atoms with Crippen molar-refractivity contribution in [3.05, 3.63) is 77.9 Å². The summed E-state index contributed by atoms with van der Waals surface area (Å²) in [6.45, 7) is 4.04.